The fourth-order valence-corrected chi connectivity index (χ4v) is 3.25. The van der Waals surface area contributed by atoms with Crippen molar-refractivity contribution < 1.29 is 14.3 Å². The second kappa shape index (κ2) is 6.54. The second-order valence-electron chi connectivity index (χ2n) is 6.24. The van der Waals surface area contributed by atoms with Crippen LogP contribution in [-0.4, -0.2) is 51.2 Å². The van der Waals surface area contributed by atoms with Gasteiger partial charge in [-0.2, -0.15) is 10.1 Å². The van der Waals surface area contributed by atoms with E-state index < -0.39 is 0 Å². The number of aromatic nitrogens is 3. The molecule has 1 N–H and O–H groups in total. The zero-order chi connectivity index (χ0) is 17.2. The SMILES string of the molecule is O=C1C[C@@H](c2ccc(OCC(=O)N3CCCC3)cc2)n2ncnc2N1. The van der Waals surface area contributed by atoms with Gasteiger partial charge in [0.1, 0.15) is 12.1 Å². The minimum absolute atomic E-state index is 0.0257. The third-order valence-corrected chi connectivity index (χ3v) is 4.58. The molecule has 1 aromatic heterocycles. The summed E-state index contributed by atoms with van der Waals surface area (Å²) in [5, 5.41) is 6.88. The Labute approximate surface area is 144 Å². The molecule has 1 aromatic carbocycles. The van der Waals surface area contributed by atoms with E-state index in [9.17, 15) is 9.59 Å². The number of amides is 2. The van der Waals surface area contributed by atoms with Gasteiger partial charge in [0.05, 0.1) is 12.5 Å². The molecule has 0 saturated carbocycles. The molecule has 0 aliphatic carbocycles. The largest absolute Gasteiger partial charge is 0.484 e. The maximum atomic E-state index is 12.0. The van der Waals surface area contributed by atoms with Gasteiger partial charge in [-0.05, 0) is 30.5 Å². The standard InChI is InChI=1S/C17H19N5O3/c23-15-9-14(22-17(20-15)18-11-19-22)12-3-5-13(6-4-12)25-10-16(24)21-7-1-2-8-21/h3-6,11,14H,1-2,7-10H2,(H,18,19,20,23)/t14-/m0/s1. The first kappa shape index (κ1) is 15.6. The van der Waals surface area contributed by atoms with E-state index in [-0.39, 0.29) is 24.5 Å². The summed E-state index contributed by atoms with van der Waals surface area (Å²) < 4.78 is 7.30. The van der Waals surface area contributed by atoms with Crippen LogP contribution in [0.25, 0.3) is 0 Å². The number of anilines is 1. The average Bonchev–Trinajstić information content (AvgIpc) is 3.31. The Hall–Kier alpha value is -2.90. The van der Waals surface area contributed by atoms with Crippen LogP contribution in [0.1, 0.15) is 30.9 Å². The molecule has 130 valence electrons. The summed E-state index contributed by atoms with van der Waals surface area (Å²) in [6.45, 7) is 1.70. The fourth-order valence-electron chi connectivity index (χ4n) is 3.25. The molecule has 2 aromatic rings. The Kier molecular flexibility index (Phi) is 4.09. The zero-order valence-electron chi connectivity index (χ0n) is 13.7. The van der Waals surface area contributed by atoms with Crippen LogP contribution in [0.5, 0.6) is 5.75 Å². The molecular formula is C17H19N5O3. The number of nitrogens with zero attached hydrogens (tertiary/aromatic N) is 4. The summed E-state index contributed by atoms with van der Waals surface area (Å²) in [7, 11) is 0. The molecule has 2 amide bonds. The van der Waals surface area contributed by atoms with Crippen LogP contribution in [0.3, 0.4) is 0 Å². The van der Waals surface area contributed by atoms with Crippen LogP contribution >= 0.6 is 0 Å². The normalized spacial score (nSPS) is 19.4. The van der Waals surface area contributed by atoms with E-state index in [0.717, 1.165) is 31.5 Å². The number of hydrogen-bond donors (Lipinski definition) is 1. The number of benzene rings is 1. The molecule has 8 heteroatoms. The van der Waals surface area contributed by atoms with Gasteiger partial charge < -0.3 is 9.64 Å². The molecule has 2 aliphatic heterocycles. The summed E-state index contributed by atoms with van der Waals surface area (Å²) in [4.78, 5) is 29.7. The molecule has 1 saturated heterocycles. The van der Waals surface area contributed by atoms with Crippen molar-refractivity contribution in [1.82, 2.24) is 19.7 Å². The van der Waals surface area contributed by atoms with Crippen LogP contribution in [-0.2, 0) is 9.59 Å². The van der Waals surface area contributed by atoms with E-state index in [1.165, 1.54) is 6.33 Å². The van der Waals surface area contributed by atoms with Gasteiger partial charge in [-0.1, -0.05) is 12.1 Å². The first-order valence-corrected chi connectivity index (χ1v) is 8.40. The molecule has 1 atom stereocenters. The predicted molar refractivity (Wildman–Crippen MR) is 89.2 cm³/mol. The van der Waals surface area contributed by atoms with Crippen molar-refractivity contribution in [1.29, 1.82) is 0 Å². The summed E-state index contributed by atoms with van der Waals surface area (Å²) in [5.41, 5.74) is 0.944. The Bertz CT molecular complexity index is 780. The lowest BCUT2D eigenvalue weighted by molar-refractivity contribution is -0.132. The van der Waals surface area contributed by atoms with Crippen molar-refractivity contribution in [3.05, 3.63) is 36.2 Å². The fraction of sp³-hybridized carbons (Fsp3) is 0.412. The highest BCUT2D eigenvalue weighted by Crippen LogP contribution is 2.29. The Morgan fingerprint density at radius 1 is 1.24 bits per heavy atom. The first-order valence-electron chi connectivity index (χ1n) is 8.40. The smallest absolute Gasteiger partial charge is 0.260 e. The van der Waals surface area contributed by atoms with Crippen LogP contribution in [0.4, 0.5) is 5.95 Å². The summed E-state index contributed by atoms with van der Waals surface area (Å²) in [5.74, 6) is 1.04. The molecule has 0 spiro atoms. The Morgan fingerprint density at radius 2 is 2.00 bits per heavy atom. The number of ether oxygens (including phenoxy) is 1. The maximum Gasteiger partial charge on any atom is 0.260 e. The van der Waals surface area contributed by atoms with Gasteiger partial charge in [-0.15, -0.1) is 0 Å². The van der Waals surface area contributed by atoms with E-state index >= 15 is 0 Å². The minimum Gasteiger partial charge on any atom is -0.484 e. The lowest BCUT2D eigenvalue weighted by atomic mass is 10.0. The van der Waals surface area contributed by atoms with Crippen LogP contribution in [0, 0.1) is 0 Å². The van der Waals surface area contributed by atoms with Gasteiger partial charge >= 0.3 is 0 Å². The van der Waals surface area contributed by atoms with E-state index in [2.05, 4.69) is 15.4 Å². The third kappa shape index (κ3) is 3.19. The van der Waals surface area contributed by atoms with E-state index in [1.54, 1.807) is 4.68 Å². The maximum absolute atomic E-state index is 12.0. The molecular weight excluding hydrogens is 322 g/mol. The van der Waals surface area contributed by atoms with Gasteiger partial charge in [-0.25, -0.2) is 4.68 Å². The van der Waals surface area contributed by atoms with Gasteiger partial charge in [0.2, 0.25) is 11.9 Å². The summed E-state index contributed by atoms with van der Waals surface area (Å²) in [6.07, 6.45) is 3.87. The number of hydrogen-bond acceptors (Lipinski definition) is 5. The monoisotopic (exact) mass is 341 g/mol. The van der Waals surface area contributed by atoms with E-state index in [1.807, 2.05) is 29.2 Å². The van der Waals surface area contributed by atoms with Crippen LogP contribution in [0.2, 0.25) is 0 Å². The number of carbonyl (C=O) groups is 2. The molecule has 0 bridgehead atoms. The molecule has 3 heterocycles. The number of fused-ring (bicyclic) bond motifs is 1. The van der Waals surface area contributed by atoms with Gasteiger partial charge in [0.25, 0.3) is 5.91 Å². The van der Waals surface area contributed by atoms with Gasteiger partial charge in [0, 0.05) is 13.1 Å². The molecule has 0 radical (unpaired) electrons. The highest BCUT2D eigenvalue weighted by Gasteiger charge is 2.27. The van der Waals surface area contributed by atoms with Crippen molar-refractivity contribution in [2.24, 2.45) is 0 Å². The molecule has 4 rings (SSSR count). The highest BCUT2D eigenvalue weighted by atomic mass is 16.5. The van der Waals surface area contributed by atoms with E-state index in [4.69, 9.17) is 4.74 Å². The number of likely N-dealkylation sites (tertiary alicyclic amines) is 1. The highest BCUT2D eigenvalue weighted by molar-refractivity contribution is 5.91. The number of nitrogens with one attached hydrogen (secondary N) is 1. The van der Waals surface area contributed by atoms with Crippen molar-refractivity contribution in [2.75, 3.05) is 25.0 Å². The van der Waals surface area contributed by atoms with Gasteiger partial charge in [-0.3, -0.25) is 14.9 Å². The lowest BCUT2D eigenvalue weighted by Gasteiger charge is -2.23. The lowest BCUT2D eigenvalue weighted by Crippen LogP contribution is -2.32. The predicted octanol–water partition coefficient (Wildman–Crippen LogP) is 1.21. The van der Waals surface area contributed by atoms with Crippen LogP contribution in [0.15, 0.2) is 30.6 Å². The topological polar surface area (TPSA) is 89.4 Å². The average molecular weight is 341 g/mol. The van der Waals surface area contributed by atoms with Crippen molar-refractivity contribution in [2.45, 2.75) is 25.3 Å². The van der Waals surface area contributed by atoms with Crippen molar-refractivity contribution in [3.8, 4) is 5.75 Å². The molecule has 1 fully saturated rings. The molecule has 25 heavy (non-hydrogen) atoms. The number of rotatable bonds is 4. The Morgan fingerprint density at radius 3 is 2.76 bits per heavy atom. The molecule has 8 nitrogen and oxygen atoms in total. The zero-order valence-corrected chi connectivity index (χ0v) is 13.7. The molecule has 2 aliphatic rings. The minimum atomic E-state index is -0.188. The third-order valence-electron chi connectivity index (χ3n) is 4.58. The first-order chi connectivity index (χ1) is 12.2. The quantitative estimate of drug-likeness (QED) is 0.903. The van der Waals surface area contributed by atoms with Gasteiger partial charge in [0.15, 0.2) is 6.61 Å². The number of carbonyl (C=O) groups excluding carboxylic acids is 2. The Balaban J connectivity index is 1.42. The van der Waals surface area contributed by atoms with Crippen molar-refractivity contribution in [3.63, 3.8) is 0 Å². The van der Waals surface area contributed by atoms with E-state index in [0.29, 0.717) is 18.1 Å². The van der Waals surface area contributed by atoms with Crippen LogP contribution < -0.4 is 10.1 Å². The summed E-state index contributed by atoms with van der Waals surface area (Å²) in [6, 6.07) is 7.23. The second-order valence-corrected chi connectivity index (χ2v) is 6.24. The summed E-state index contributed by atoms with van der Waals surface area (Å²) >= 11 is 0. The molecule has 0 unspecified atom stereocenters. The van der Waals surface area contributed by atoms with Crippen molar-refractivity contribution >= 4 is 17.8 Å².